The number of hydrogen-bond donors (Lipinski definition) is 2. The summed E-state index contributed by atoms with van der Waals surface area (Å²) in [6.07, 6.45) is 2.29. The van der Waals surface area contributed by atoms with Crippen LogP contribution < -0.4 is 11.4 Å². The molecule has 1 aliphatic rings. The predicted octanol–water partition coefficient (Wildman–Crippen LogP) is -0.259. The largest absolute Gasteiger partial charge is 0.381 e. The molecule has 0 spiro atoms. The van der Waals surface area contributed by atoms with E-state index in [1.807, 2.05) is 5.59 Å². The fourth-order valence-corrected chi connectivity index (χ4v) is 1.44. The molecule has 1 rings (SSSR count). The summed E-state index contributed by atoms with van der Waals surface area (Å²) in [6.45, 7) is 2.69. The molecule has 0 radical (unpaired) electrons. The molecule has 1 heterocycles. The number of ether oxygens (including phenoxy) is 2. The molecule has 0 saturated carbocycles. The number of hydrogen-bond acceptors (Lipinski definition) is 6. The zero-order chi connectivity index (χ0) is 10.9. The average Bonchev–Trinajstić information content (AvgIpc) is 2.26. The van der Waals surface area contributed by atoms with Gasteiger partial charge < -0.3 is 14.3 Å². The molecular formula is C9H18N2O4. The van der Waals surface area contributed by atoms with Crippen LogP contribution >= 0.6 is 0 Å². The lowest BCUT2D eigenvalue weighted by Gasteiger charge is -2.21. The Balaban J connectivity index is 1.93. The Morgan fingerprint density at radius 1 is 1.47 bits per heavy atom. The molecule has 1 fully saturated rings. The van der Waals surface area contributed by atoms with Gasteiger partial charge in [-0.3, -0.25) is 4.79 Å². The summed E-state index contributed by atoms with van der Waals surface area (Å²) in [7, 11) is 0. The van der Waals surface area contributed by atoms with Gasteiger partial charge in [0.15, 0.2) is 0 Å². The van der Waals surface area contributed by atoms with E-state index in [0.29, 0.717) is 19.1 Å². The van der Waals surface area contributed by atoms with Gasteiger partial charge in [0.05, 0.1) is 13.0 Å². The van der Waals surface area contributed by atoms with Crippen LogP contribution in [0.4, 0.5) is 0 Å². The minimum atomic E-state index is -0.413. The number of carbonyl (C=O) groups is 1. The van der Waals surface area contributed by atoms with Gasteiger partial charge in [-0.25, -0.2) is 5.84 Å². The highest BCUT2D eigenvalue weighted by atomic mass is 16.7. The molecule has 6 nitrogen and oxygen atoms in total. The summed E-state index contributed by atoms with van der Waals surface area (Å²) < 4.78 is 10.6. The number of hydrazine groups is 1. The Morgan fingerprint density at radius 2 is 2.20 bits per heavy atom. The van der Waals surface area contributed by atoms with Crippen molar-refractivity contribution in [3.8, 4) is 0 Å². The number of nitrogens with one attached hydrogen (secondary N) is 1. The summed E-state index contributed by atoms with van der Waals surface area (Å²) in [5.41, 5.74) is 1.84. The molecule has 0 unspecified atom stereocenters. The van der Waals surface area contributed by atoms with Gasteiger partial charge in [0, 0.05) is 19.8 Å². The van der Waals surface area contributed by atoms with Crippen molar-refractivity contribution in [2.75, 3.05) is 26.4 Å². The summed E-state index contributed by atoms with van der Waals surface area (Å²) >= 11 is 0. The number of carbonyl (C=O) groups excluding carboxylic acids is 1. The van der Waals surface area contributed by atoms with Gasteiger partial charge in [0.1, 0.15) is 0 Å². The number of nitrogens with two attached hydrogens (primary N) is 1. The maximum atomic E-state index is 10.8. The predicted molar refractivity (Wildman–Crippen MR) is 52.4 cm³/mol. The Morgan fingerprint density at radius 3 is 2.87 bits per heavy atom. The molecule has 0 aliphatic carbocycles. The van der Waals surface area contributed by atoms with Crippen molar-refractivity contribution in [1.82, 2.24) is 5.59 Å². The molecule has 6 heteroatoms. The normalized spacial score (nSPS) is 17.7. The van der Waals surface area contributed by atoms with Crippen molar-refractivity contribution in [2.45, 2.75) is 19.3 Å². The molecule has 0 amide bonds. The molecule has 88 valence electrons. The first-order valence-electron chi connectivity index (χ1n) is 5.13. The molecule has 0 aromatic heterocycles. The lowest BCUT2D eigenvalue weighted by atomic mass is 10.0. The molecule has 0 atom stereocenters. The summed E-state index contributed by atoms with van der Waals surface area (Å²) in [5.74, 6) is 4.95. The van der Waals surface area contributed by atoms with Crippen molar-refractivity contribution in [3.05, 3.63) is 0 Å². The standard InChI is InChI=1S/C9H18N2O4/c10-11-15-9(12)3-6-14-7-8-1-4-13-5-2-8/h8,11H,1-7,10H2. The fraction of sp³-hybridized carbons (Fsp3) is 0.889. The van der Waals surface area contributed by atoms with E-state index >= 15 is 0 Å². The van der Waals surface area contributed by atoms with E-state index in [0.717, 1.165) is 26.1 Å². The van der Waals surface area contributed by atoms with E-state index < -0.39 is 5.97 Å². The second kappa shape index (κ2) is 7.58. The van der Waals surface area contributed by atoms with Crippen molar-refractivity contribution >= 4 is 5.97 Å². The van der Waals surface area contributed by atoms with Crippen LogP contribution in [0.1, 0.15) is 19.3 Å². The lowest BCUT2D eigenvalue weighted by molar-refractivity contribution is -0.152. The maximum absolute atomic E-state index is 10.8. The van der Waals surface area contributed by atoms with Crippen LogP contribution in [0.2, 0.25) is 0 Å². The van der Waals surface area contributed by atoms with Crippen molar-refractivity contribution < 1.29 is 19.1 Å². The maximum Gasteiger partial charge on any atom is 0.328 e. The first-order chi connectivity index (χ1) is 7.33. The highest BCUT2D eigenvalue weighted by Gasteiger charge is 2.13. The summed E-state index contributed by atoms with van der Waals surface area (Å²) in [6, 6.07) is 0. The second-order valence-corrected chi connectivity index (χ2v) is 3.47. The van der Waals surface area contributed by atoms with Crippen LogP contribution in [0, 0.1) is 5.92 Å². The zero-order valence-corrected chi connectivity index (χ0v) is 8.74. The van der Waals surface area contributed by atoms with E-state index in [4.69, 9.17) is 15.3 Å². The Hall–Kier alpha value is -0.690. The molecule has 1 saturated heterocycles. The monoisotopic (exact) mass is 218 g/mol. The molecule has 0 aromatic carbocycles. The second-order valence-electron chi connectivity index (χ2n) is 3.47. The third kappa shape index (κ3) is 5.68. The molecule has 3 N–H and O–H groups in total. The van der Waals surface area contributed by atoms with E-state index in [2.05, 4.69) is 4.84 Å². The van der Waals surface area contributed by atoms with Gasteiger partial charge in [-0.2, -0.15) is 0 Å². The molecule has 0 bridgehead atoms. The molecule has 0 aromatic rings. The smallest absolute Gasteiger partial charge is 0.328 e. The summed E-state index contributed by atoms with van der Waals surface area (Å²) in [4.78, 5) is 15.2. The van der Waals surface area contributed by atoms with E-state index in [-0.39, 0.29) is 6.42 Å². The van der Waals surface area contributed by atoms with Crippen LogP contribution in [0.5, 0.6) is 0 Å². The molecular weight excluding hydrogens is 200 g/mol. The quantitative estimate of drug-likeness (QED) is 0.363. The van der Waals surface area contributed by atoms with Gasteiger partial charge in [0.2, 0.25) is 0 Å². The minimum Gasteiger partial charge on any atom is -0.381 e. The summed E-state index contributed by atoms with van der Waals surface area (Å²) in [5, 5.41) is 0. The van der Waals surface area contributed by atoms with Crippen LogP contribution in [0.3, 0.4) is 0 Å². The third-order valence-electron chi connectivity index (χ3n) is 2.32. The average molecular weight is 218 g/mol. The SMILES string of the molecule is NNOC(=O)CCOCC1CCOCC1. The Kier molecular flexibility index (Phi) is 6.26. The Bertz CT molecular complexity index is 183. The first kappa shape index (κ1) is 12.4. The van der Waals surface area contributed by atoms with Crippen molar-refractivity contribution in [3.63, 3.8) is 0 Å². The van der Waals surface area contributed by atoms with Crippen molar-refractivity contribution in [1.29, 1.82) is 0 Å². The van der Waals surface area contributed by atoms with Crippen LogP contribution in [0.15, 0.2) is 0 Å². The fourth-order valence-electron chi connectivity index (χ4n) is 1.44. The van der Waals surface area contributed by atoms with Crippen LogP contribution in [-0.2, 0) is 19.1 Å². The van der Waals surface area contributed by atoms with Crippen LogP contribution in [0.25, 0.3) is 0 Å². The lowest BCUT2D eigenvalue weighted by Crippen LogP contribution is -2.27. The van der Waals surface area contributed by atoms with Gasteiger partial charge in [0.25, 0.3) is 0 Å². The van der Waals surface area contributed by atoms with Gasteiger partial charge in [-0.05, 0) is 18.8 Å². The van der Waals surface area contributed by atoms with Gasteiger partial charge in [-0.15, -0.1) is 0 Å². The molecule has 15 heavy (non-hydrogen) atoms. The van der Waals surface area contributed by atoms with Crippen LogP contribution in [-0.4, -0.2) is 32.4 Å². The molecule has 1 aliphatic heterocycles. The zero-order valence-electron chi connectivity index (χ0n) is 8.74. The first-order valence-corrected chi connectivity index (χ1v) is 5.13. The van der Waals surface area contributed by atoms with E-state index in [9.17, 15) is 4.79 Å². The minimum absolute atomic E-state index is 0.216. The topological polar surface area (TPSA) is 82.8 Å². The third-order valence-corrected chi connectivity index (χ3v) is 2.32. The van der Waals surface area contributed by atoms with Gasteiger partial charge >= 0.3 is 5.97 Å². The highest BCUT2D eigenvalue weighted by molar-refractivity contribution is 5.69. The van der Waals surface area contributed by atoms with Crippen molar-refractivity contribution in [2.24, 2.45) is 11.8 Å². The highest BCUT2D eigenvalue weighted by Crippen LogP contribution is 2.14. The van der Waals surface area contributed by atoms with Gasteiger partial charge in [-0.1, -0.05) is 5.59 Å². The van der Waals surface area contributed by atoms with E-state index in [1.54, 1.807) is 0 Å². The number of rotatable bonds is 6. The van der Waals surface area contributed by atoms with E-state index in [1.165, 1.54) is 0 Å². The Labute approximate surface area is 89.0 Å².